The number of carbonyl (C=O) groups is 1. The molecular formula is C21H23BrN2O4S. The zero-order chi connectivity index (χ0) is 20.6. The van der Waals surface area contributed by atoms with E-state index in [0.29, 0.717) is 32.4 Å². The highest BCUT2D eigenvalue weighted by molar-refractivity contribution is 9.10. The average molecular weight is 479 g/mol. The first-order valence-corrected chi connectivity index (χ1v) is 11.9. The normalized spacial score (nSPS) is 22.0. The average Bonchev–Trinajstić information content (AvgIpc) is 3.20. The second-order valence-corrected chi connectivity index (χ2v) is 10.3. The molecule has 0 bridgehead atoms. The lowest BCUT2D eigenvalue weighted by atomic mass is 10.00. The maximum absolute atomic E-state index is 13.1. The van der Waals surface area contributed by atoms with Crippen molar-refractivity contribution in [2.75, 3.05) is 13.2 Å². The smallest absolute Gasteiger partial charge is 0.243 e. The second-order valence-electron chi connectivity index (χ2n) is 7.47. The first kappa shape index (κ1) is 20.4. The van der Waals surface area contributed by atoms with E-state index < -0.39 is 16.1 Å². The summed E-state index contributed by atoms with van der Waals surface area (Å²) in [5.74, 6) is 0.497. The van der Waals surface area contributed by atoms with Crippen LogP contribution in [0, 0.1) is 6.92 Å². The molecule has 1 fully saturated rings. The van der Waals surface area contributed by atoms with Gasteiger partial charge in [-0.05, 0) is 50.1 Å². The lowest BCUT2D eigenvalue weighted by Crippen LogP contribution is -2.47. The van der Waals surface area contributed by atoms with Crippen molar-refractivity contribution in [1.29, 1.82) is 0 Å². The van der Waals surface area contributed by atoms with Gasteiger partial charge < -0.3 is 10.1 Å². The Morgan fingerprint density at radius 1 is 1.17 bits per heavy atom. The number of benzene rings is 2. The van der Waals surface area contributed by atoms with Crippen LogP contribution in [0.25, 0.3) is 0 Å². The number of nitrogens with one attached hydrogen (secondary N) is 1. The second kappa shape index (κ2) is 8.08. The molecule has 0 radical (unpaired) electrons. The molecule has 29 heavy (non-hydrogen) atoms. The van der Waals surface area contributed by atoms with Crippen molar-refractivity contribution in [2.45, 2.75) is 43.2 Å². The number of rotatable bonds is 4. The van der Waals surface area contributed by atoms with E-state index in [2.05, 4.69) is 21.2 Å². The molecule has 8 heteroatoms. The van der Waals surface area contributed by atoms with Crippen molar-refractivity contribution >= 4 is 31.9 Å². The highest BCUT2D eigenvalue weighted by Crippen LogP contribution is 2.35. The van der Waals surface area contributed by atoms with E-state index >= 15 is 0 Å². The number of sulfonamides is 1. The van der Waals surface area contributed by atoms with Gasteiger partial charge in [0.15, 0.2) is 0 Å². The molecule has 0 aliphatic carbocycles. The third-order valence-electron chi connectivity index (χ3n) is 5.46. The Kier molecular flexibility index (Phi) is 5.68. The van der Waals surface area contributed by atoms with E-state index in [4.69, 9.17) is 4.74 Å². The van der Waals surface area contributed by atoms with Crippen molar-refractivity contribution < 1.29 is 17.9 Å². The Bertz CT molecular complexity index is 1020. The van der Waals surface area contributed by atoms with Gasteiger partial charge in [-0.3, -0.25) is 4.79 Å². The van der Waals surface area contributed by atoms with Crippen LogP contribution in [-0.2, 0) is 14.8 Å². The van der Waals surface area contributed by atoms with E-state index in [-0.39, 0.29) is 16.8 Å². The summed E-state index contributed by atoms with van der Waals surface area (Å²) in [7, 11) is -3.72. The first-order chi connectivity index (χ1) is 13.9. The Labute approximate surface area is 179 Å². The zero-order valence-electron chi connectivity index (χ0n) is 16.1. The molecule has 1 unspecified atom stereocenters. The Hall–Kier alpha value is -1.90. The van der Waals surface area contributed by atoms with Crippen molar-refractivity contribution in [1.82, 2.24) is 9.62 Å². The van der Waals surface area contributed by atoms with Gasteiger partial charge in [-0.15, -0.1) is 0 Å². The van der Waals surface area contributed by atoms with Crippen LogP contribution in [0.3, 0.4) is 0 Å². The number of ether oxygens (including phenoxy) is 1. The van der Waals surface area contributed by atoms with Crippen molar-refractivity contribution in [3.8, 4) is 5.75 Å². The molecule has 1 N–H and O–H groups in total. The summed E-state index contributed by atoms with van der Waals surface area (Å²) in [5, 5.41) is 3.06. The van der Waals surface area contributed by atoms with Crippen molar-refractivity contribution in [3.63, 3.8) is 0 Å². The maximum Gasteiger partial charge on any atom is 0.243 e. The largest absolute Gasteiger partial charge is 0.493 e. The van der Waals surface area contributed by atoms with Crippen LogP contribution in [-0.4, -0.2) is 37.8 Å². The van der Waals surface area contributed by atoms with Crippen LogP contribution in [0.2, 0.25) is 0 Å². The highest BCUT2D eigenvalue weighted by atomic mass is 79.9. The van der Waals surface area contributed by atoms with Crippen LogP contribution < -0.4 is 10.1 Å². The molecule has 1 amide bonds. The lowest BCUT2D eigenvalue weighted by molar-refractivity contribution is -0.125. The standard InChI is InChI=1S/C21H23BrN2O4S/c1-14-4-7-16(8-5-14)29(26,27)24-11-2-3-19(24)21(25)23-18-10-12-28-20-9-6-15(22)13-17(18)20/h4-9,13,18-19H,2-3,10-12H2,1H3,(H,23,25)/t18?,19-/m0/s1. The molecule has 2 aliphatic heterocycles. The van der Waals surface area contributed by atoms with Gasteiger partial charge in [0.05, 0.1) is 17.5 Å². The quantitative estimate of drug-likeness (QED) is 0.728. The molecule has 2 aromatic carbocycles. The first-order valence-electron chi connectivity index (χ1n) is 9.67. The predicted octanol–water partition coefficient (Wildman–Crippen LogP) is 3.55. The third kappa shape index (κ3) is 4.06. The van der Waals surface area contributed by atoms with Gasteiger partial charge in [-0.2, -0.15) is 4.31 Å². The van der Waals surface area contributed by atoms with Crippen LogP contribution in [0.1, 0.15) is 36.4 Å². The number of aryl methyl sites for hydroxylation is 1. The Balaban J connectivity index is 1.55. The van der Waals surface area contributed by atoms with E-state index in [1.807, 2.05) is 25.1 Å². The predicted molar refractivity (Wildman–Crippen MR) is 113 cm³/mol. The van der Waals surface area contributed by atoms with E-state index in [9.17, 15) is 13.2 Å². The number of hydrogen-bond donors (Lipinski definition) is 1. The zero-order valence-corrected chi connectivity index (χ0v) is 18.5. The van der Waals surface area contributed by atoms with Gasteiger partial charge in [0.1, 0.15) is 11.8 Å². The van der Waals surface area contributed by atoms with E-state index in [1.165, 1.54) is 4.31 Å². The summed E-state index contributed by atoms with van der Waals surface area (Å²) < 4.78 is 34.2. The van der Waals surface area contributed by atoms with Crippen LogP contribution in [0.5, 0.6) is 5.75 Å². The third-order valence-corrected chi connectivity index (χ3v) is 7.88. The number of halogens is 1. The number of nitrogens with zero attached hydrogens (tertiary/aromatic N) is 1. The summed E-state index contributed by atoms with van der Waals surface area (Å²) in [6.07, 6.45) is 1.83. The van der Waals surface area contributed by atoms with Crippen LogP contribution >= 0.6 is 15.9 Å². The number of hydrogen-bond acceptors (Lipinski definition) is 4. The van der Waals surface area contributed by atoms with Crippen LogP contribution in [0.15, 0.2) is 51.8 Å². The number of carbonyl (C=O) groups excluding carboxylic acids is 1. The van der Waals surface area contributed by atoms with Gasteiger partial charge in [-0.25, -0.2) is 8.42 Å². The van der Waals surface area contributed by atoms with Gasteiger partial charge in [0, 0.05) is 23.0 Å². The summed E-state index contributed by atoms with van der Waals surface area (Å²) in [6.45, 7) is 2.77. The molecule has 154 valence electrons. The fourth-order valence-electron chi connectivity index (χ4n) is 3.92. The summed E-state index contributed by atoms with van der Waals surface area (Å²) in [6, 6.07) is 11.6. The molecule has 0 spiro atoms. The minimum absolute atomic E-state index is 0.201. The highest BCUT2D eigenvalue weighted by Gasteiger charge is 2.40. The molecule has 4 rings (SSSR count). The van der Waals surface area contributed by atoms with Crippen LogP contribution in [0.4, 0.5) is 0 Å². The topological polar surface area (TPSA) is 75.7 Å². The summed E-state index contributed by atoms with van der Waals surface area (Å²) in [5.41, 5.74) is 1.90. The fraction of sp³-hybridized carbons (Fsp3) is 0.381. The molecule has 6 nitrogen and oxygen atoms in total. The molecule has 2 aromatic rings. The molecule has 0 aromatic heterocycles. The summed E-state index contributed by atoms with van der Waals surface area (Å²) >= 11 is 3.46. The Morgan fingerprint density at radius 2 is 1.93 bits per heavy atom. The van der Waals surface area contributed by atoms with Gasteiger partial charge in [-0.1, -0.05) is 33.6 Å². The van der Waals surface area contributed by atoms with Crippen molar-refractivity contribution in [2.24, 2.45) is 0 Å². The molecule has 1 saturated heterocycles. The summed E-state index contributed by atoms with van der Waals surface area (Å²) in [4.78, 5) is 13.3. The number of fused-ring (bicyclic) bond motifs is 1. The molecule has 2 atom stereocenters. The van der Waals surface area contributed by atoms with Gasteiger partial charge in [0.2, 0.25) is 15.9 Å². The lowest BCUT2D eigenvalue weighted by Gasteiger charge is -2.29. The van der Waals surface area contributed by atoms with Crippen molar-refractivity contribution in [3.05, 3.63) is 58.1 Å². The number of amides is 1. The SMILES string of the molecule is Cc1ccc(S(=O)(=O)N2CCC[C@H]2C(=O)NC2CCOc3ccc(Br)cc32)cc1. The van der Waals surface area contributed by atoms with E-state index in [1.54, 1.807) is 24.3 Å². The van der Waals surface area contributed by atoms with E-state index in [0.717, 1.165) is 21.3 Å². The Morgan fingerprint density at radius 3 is 2.69 bits per heavy atom. The monoisotopic (exact) mass is 478 g/mol. The molecule has 2 aliphatic rings. The van der Waals surface area contributed by atoms with Gasteiger partial charge in [0.25, 0.3) is 0 Å². The minimum atomic E-state index is -3.72. The molecule has 2 heterocycles. The molecular weight excluding hydrogens is 456 g/mol. The molecule has 0 saturated carbocycles. The maximum atomic E-state index is 13.1. The fourth-order valence-corrected chi connectivity index (χ4v) is 5.95. The minimum Gasteiger partial charge on any atom is -0.493 e. The van der Waals surface area contributed by atoms with Gasteiger partial charge >= 0.3 is 0 Å².